The predicted molar refractivity (Wildman–Crippen MR) is 62.1 cm³/mol. The molecule has 0 aliphatic carbocycles. The fraction of sp³-hybridized carbons (Fsp3) is 0.417. The first kappa shape index (κ1) is 13.8. The summed E-state index contributed by atoms with van der Waals surface area (Å²) in [5.74, 6) is -5.13. The molecule has 4 nitrogen and oxygen atoms in total. The fourth-order valence-corrected chi connectivity index (χ4v) is 1.96. The molecule has 2 rings (SSSR count). The van der Waals surface area contributed by atoms with E-state index in [1.807, 2.05) is 0 Å². The number of halogens is 3. The SMILES string of the molecule is CNC1COCC1C(=O)Nc1cc(F)c(F)c(F)c1. The Bertz CT molecular complexity index is 473. The second-order valence-electron chi connectivity index (χ2n) is 4.28. The molecule has 0 radical (unpaired) electrons. The van der Waals surface area contributed by atoms with Gasteiger partial charge in [-0.2, -0.15) is 0 Å². The Morgan fingerprint density at radius 1 is 1.26 bits per heavy atom. The lowest BCUT2D eigenvalue weighted by atomic mass is 10.0. The molecule has 7 heteroatoms. The van der Waals surface area contributed by atoms with Gasteiger partial charge < -0.3 is 15.4 Å². The molecule has 2 N–H and O–H groups in total. The summed E-state index contributed by atoms with van der Waals surface area (Å²) >= 11 is 0. The third-order valence-corrected chi connectivity index (χ3v) is 3.04. The number of ether oxygens (including phenoxy) is 1. The standard InChI is InChI=1S/C12H13F3N2O2/c1-16-10-5-19-4-7(10)12(18)17-6-2-8(13)11(15)9(14)3-6/h2-3,7,10,16H,4-5H2,1H3,(H,17,18). The Morgan fingerprint density at radius 3 is 2.47 bits per heavy atom. The predicted octanol–water partition coefficient (Wildman–Crippen LogP) is 1.28. The highest BCUT2D eigenvalue weighted by atomic mass is 19.2. The van der Waals surface area contributed by atoms with Gasteiger partial charge in [0.05, 0.1) is 19.1 Å². The Labute approximate surface area is 107 Å². The summed E-state index contributed by atoms with van der Waals surface area (Å²) in [6, 6.07) is 1.32. The highest BCUT2D eigenvalue weighted by Crippen LogP contribution is 2.20. The van der Waals surface area contributed by atoms with Gasteiger partial charge in [-0.25, -0.2) is 13.2 Å². The van der Waals surface area contributed by atoms with Crippen molar-refractivity contribution in [2.75, 3.05) is 25.6 Å². The molecule has 1 aliphatic heterocycles. The van der Waals surface area contributed by atoms with E-state index in [0.29, 0.717) is 6.61 Å². The number of likely N-dealkylation sites (N-methyl/N-ethyl adjacent to an activating group) is 1. The van der Waals surface area contributed by atoms with Crippen LogP contribution in [0.4, 0.5) is 18.9 Å². The van der Waals surface area contributed by atoms with E-state index in [4.69, 9.17) is 4.74 Å². The van der Waals surface area contributed by atoms with E-state index in [-0.39, 0.29) is 18.3 Å². The van der Waals surface area contributed by atoms with Crippen LogP contribution in [-0.2, 0) is 9.53 Å². The van der Waals surface area contributed by atoms with Gasteiger partial charge in [-0.05, 0) is 7.05 Å². The monoisotopic (exact) mass is 274 g/mol. The van der Waals surface area contributed by atoms with E-state index in [1.165, 1.54) is 0 Å². The highest BCUT2D eigenvalue weighted by molar-refractivity contribution is 5.93. The first-order valence-corrected chi connectivity index (χ1v) is 5.73. The van der Waals surface area contributed by atoms with Gasteiger partial charge in [0.15, 0.2) is 17.5 Å². The zero-order valence-corrected chi connectivity index (χ0v) is 10.2. The number of nitrogens with one attached hydrogen (secondary N) is 2. The van der Waals surface area contributed by atoms with Gasteiger partial charge in [0, 0.05) is 23.9 Å². The number of hydrogen-bond acceptors (Lipinski definition) is 3. The number of carbonyl (C=O) groups is 1. The number of amides is 1. The van der Waals surface area contributed by atoms with E-state index < -0.39 is 29.3 Å². The molecule has 1 aromatic rings. The third-order valence-electron chi connectivity index (χ3n) is 3.04. The molecule has 2 unspecified atom stereocenters. The van der Waals surface area contributed by atoms with Gasteiger partial charge >= 0.3 is 0 Å². The summed E-state index contributed by atoms with van der Waals surface area (Å²) < 4.78 is 43.9. The fourth-order valence-electron chi connectivity index (χ4n) is 1.96. The van der Waals surface area contributed by atoms with Crippen molar-refractivity contribution in [2.24, 2.45) is 5.92 Å². The molecule has 19 heavy (non-hydrogen) atoms. The summed E-state index contributed by atoms with van der Waals surface area (Å²) in [6.07, 6.45) is 0. The summed E-state index contributed by atoms with van der Waals surface area (Å²) in [7, 11) is 1.69. The van der Waals surface area contributed by atoms with Crippen LogP contribution in [-0.4, -0.2) is 32.2 Å². The van der Waals surface area contributed by atoms with Crippen LogP contribution in [0.5, 0.6) is 0 Å². The van der Waals surface area contributed by atoms with Crippen LogP contribution in [0, 0.1) is 23.4 Å². The van der Waals surface area contributed by atoms with E-state index in [2.05, 4.69) is 10.6 Å². The van der Waals surface area contributed by atoms with Crippen LogP contribution < -0.4 is 10.6 Å². The van der Waals surface area contributed by atoms with Crippen molar-refractivity contribution in [3.05, 3.63) is 29.6 Å². The minimum atomic E-state index is -1.56. The van der Waals surface area contributed by atoms with Crippen molar-refractivity contribution < 1.29 is 22.7 Å². The lowest BCUT2D eigenvalue weighted by Gasteiger charge is -2.16. The maximum absolute atomic E-state index is 13.0. The van der Waals surface area contributed by atoms with Crippen LogP contribution in [0.15, 0.2) is 12.1 Å². The van der Waals surface area contributed by atoms with Gasteiger partial charge in [-0.15, -0.1) is 0 Å². The Balaban J connectivity index is 2.11. The normalized spacial score (nSPS) is 22.5. The van der Waals surface area contributed by atoms with Gasteiger partial charge in [0.25, 0.3) is 0 Å². The van der Waals surface area contributed by atoms with Crippen LogP contribution in [0.3, 0.4) is 0 Å². The zero-order chi connectivity index (χ0) is 14.0. The van der Waals surface area contributed by atoms with Crippen LogP contribution in [0.1, 0.15) is 0 Å². The molecule has 0 saturated carbocycles. The van der Waals surface area contributed by atoms with E-state index >= 15 is 0 Å². The van der Waals surface area contributed by atoms with Gasteiger partial charge in [-0.3, -0.25) is 4.79 Å². The first-order chi connectivity index (χ1) is 9.02. The van der Waals surface area contributed by atoms with Crippen LogP contribution in [0.25, 0.3) is 0 Å². The minimum Gasteiger partial charge on any atom is -0.379 e. The molecule has 1 fully saturated rings. The molecule has 0 bridgehead atoms. The zero-order valence-electron chi connectivity index (χ0n) is 10.2. The average molecular weight is 274 g/mol. The average Bonchev–Trinajstić information content (AvgIpc) is 2.84. The molecular weight excluding hydrogens is 261 g/mol. The highest BCUT2D eigenvalue weighted by Gasteiger charge is 2.33. The lowest BCUT2D eigenvalue weighted by molar-refractivity contribution is -0.120. The molecule has 1 saturated heterocycles. The summed E-state index contributed by atoms with van der Waals surface area (Å²) in [5, 5.41) is 5.27. The first-order valence-electron chi connectivity index (χ1n) is 5.73. The van der Waals surface area contributed by atoms with Gasteiger partial charge in [0.1, 0.15) is 0 Å². The van der Waals surface area contributed by atoms with Crippen molar-refractivity contribution in [1.82, 2.24) is 5.32 Å². The van der Waals surface area contributed by atoms with Crippen LogP contribution in [0.2, 0.25) is 0 Å². The number of benzene rings is 1. The van der Waals surface area contributed by atoms with Gasteiger partial charge in [0.2, 0.25) is 5.91 Å². The Hall–Kier alpha value is -1.60. The van der Waals surface area contributed by atoms with Crippen molar-refractivity contribution in [3.8, 4) is 0 Å². The van der Waals surface area contributed by atoms with Crippen molar-refractivity contribution >= 4 is 11.6 Å². The molecule has 0 aromatic heterocycles. The Morgan fingerprint density at radius 2 is 1.89 bits per heavy atom. The second kappa shape index (κ2) is 5.58. The number of hydrogen-bond donors (Lipinski definition) is 2. The van der Waals surface area contributed by atoms with E-state index in [9.17, 15) is 18.0 Å². The van der Waals surface area contributed by atoms with Crippen LogP contribution >= 0.6 is 0 Å². The number of rotatable bonds is 3. The lowest BCUT2D eigenvalue weighted by Crippen LogP contribution is -2.39. The maximum atomic E-state index is 13.0. The number of carbonyl (C=O) groups excluding carboxylic acids is 1. The molecule has 2 atom stereocenters. The van der Waals surface area contributed by atoms with Gasteiger partial charge in [-0.1, -0.05) is 0 Å². The molecule has 1 amide bonds. The number of anilines is 1. The Kier molecular flexibility index (Phi) is 4.06. The molecule has 1 aliphatic rings. The molecule has 1 heterocycles. The smallest absolute Gasteiger partial charge is 0.231 e. The topological polar surface area (TPSA) is 50.4 Å². The second-order valence-corrected chi connectivity index (χ2v) is 4.28. The van der Waals surface area contributed by atoms with E-state index in [1.54, 1.807) is 7.05 Å². The van der Waals surface area contributed by atoms with Crippen molar-refractivity contribution in [3.63, 3.8) is 0 Å². The summed E-state index contributed by atoms with van der Waals surface area (Å²) in [5.41, 5.74) is -0.122. The third kappa shape index (κ3) is 2.87. The maximum Gasteiger partial charge on any atom is 0.231 e. The summed E-state index contributed by atoms with van der Waals surface area (Å²) in [4.78, 5) is 11.9. The molecule has 104 valence electrons. The molecular formula is C12H13F3N2O2. The molecule has 1 aromatic carbocycles. The van der Waals surface area contributed by atoms with Crippen molar-refractivity contribution in [2.45, 2.75) is 6.04 Å². The minimum absolute atomic E-state index is 0.122. The van der Waals surface area contributed by atoms with E-state index in [0.717, 1.165) is 12.1 Å². The van der Waals surface area contributed by atoms with Crippen molar-refractivity contribution in [1.29, 1.82) is 0 Å². The summed E-state index contributed by atoms with van der Waals surface area (Å²) in [6.45, 7) is 0.615. The quantitative estimate of drug-likeness (QED) is 0.816. The molecule has 0 spiro atoms. The largest absolute Gasteiger partial charge is 0.379 e.